The number of hydrogen-bond acceptors (Lipinski definition) is 3. The molecule has 6 rings (SSSR count). The van der Waals surface area contributed by atoms with Crippen molar-refractivity contribution < 1.29 is 4.79 Å². The van der Waals surface area contributed by atoms with E-state index in [0.29, 0.717) is 17.8 Å². The van der Waals surface area contributed by atoms with Crippen LogP contribution in [0.15, 0.2) is 97.1 Å². The van der Waals surface area contributed by atoms with Gasteiger partial charge in [0, 0.05) is 22.4 Å². The molecule has 5 nitrogen and oxygen atoms in total. The van der Waals surface area contributed by atoms with Crippen molar-refractivity contribution in [3.8, 4) is 0 Å². The van der Waals surface area contributed by atoms with E-state index < -0.39 is 0 Å². The monoisotopic (exact) mass is 472 g/mol. The number of nitrogens with one attached hydrogen (secondary N) is 3. The topological polar surface area (TPSA) is 69.8 Å². The number of H-pyrrole nitrogens is 1. The third-order valence-electron chi connectivity index (χ3n) is 7.07. The second-order valence-electron chi connectivity index (χ2n) is 9.61. The molecule has 0 aliphatic heterocycles. The Morgan fingerprint density at radius 1 is 0.889 bits per heavy atom. The molecule has 36 heavy (non-hydrogen) atoms. The first-order chi connectivity index (χ1) is 17.7. The minimum atomic E-state index is -0.0890. The molecule has 4 aromatic rings. The zero-order valence-corrected chi connectivity index (χ0v) is 19.9. The van der Waals surface area contributed by atoms with Gasteiger partial charge in [0.1, 0.15) is 0 Å². The molecule has 2 aliphatic carbocycles. The van der Waals surface area contributed by atoms with Gasteiger partial charge in [-0.3, -0.25) is 9.89 Å². The van der Waals surface area contributed by atoms with Gasteiger partial charge in [0.2, 0.25) is 5.91 Å². The van der Waals surface area contributed by atoms with Crippen molar-refractivity contribution in [1.29, 1.82) is 0 Å². The molecule has 5 heteroatoms. The van der Waals surface area contributed by atoms with Gasteiger partial charge in [0.25, 0.3) is 0 Å². The van der Waals surface area contributed by atoms with Crippen LogP contribution in [0.1, 0.15) is 24.1 Å². The maximum Gasteiger partial charge on any atom is 0.248 e. The Balaban J connectivity index is 1.10. The van der Waals surface area contributed by atoms with Crippen molar-refractivity contribution in [2.75, 3.05) is 10.6 Å². The van der Waals surface area contributed by atoms with Gasteiger partial charge in [-0.05, 0) is 84.7 Å². The number of carbonyl (C=O) groups excluding carboxylic acids is 1. The number of nitrogens with zero attached hydrogens (tertiary/aromatic N) is 1. The standard InChI is InChI=1S/C31H28N4O/c36-31(16-12-24-18-22-9-11-23(24)17-22)33-26-8-4-7-25(19-26)32-27-13-14-28-29(34-35-30(28)20-27)15-10-21-5-2-1-3-6-21/h1-16,19-20,22-24,32H,17-18H2,(H,33,36)(H,34,35)/b15-10+,16-12+/t22-,23-,24?/m0/s1. The number of rotatable bonds is 7. The van der Waals surface area contributed by atoms with Crippen molar-refractivity contribution >= 4 is 46.0 Å². The lowest BCUT2D eigenvalue weighted by Gasteiger charge is -2.13. The Morgan fingerprint density at radius 2 is 1.75 bits per heavy atom. The van der Waals surface area contributed by atoms with Crippen LogP contribution in [-0.4, -0.2) is 16.1 Å². The maximum atomic E-state index is 12.5. The number of benzene rings is 3. The summed E-state index contributed by atoms with van der Waals surface area (Å²) in [7, 11) is 0. The highest BCUT2D eigenvalue weighted by Crippen LogP contribution is 2.43. The van der Waals surface area contributed by atoms with Crippen molar-refractivity contribution in [3.63, 3.8) is 0 Å². The lowest BCUT2D eigenvalue weighted by atomic mass is 9.93. The van der Waals surface area contributed by atoms with Gasteiger partial charge < -0.3 is 10.6 Å². The maximum absolute atomic E-state index is 12.5. The van der Waals surface area contributed by atoms with E-state index in [1.165, 1.54) is 6.42 Å². The van der Waals surface area contributed by atoms with E-state index >= 15 is 0 Å². The molecule has 178 valence electrons. The third kappa shape index (κ3) is 4.86. The molecule has 0 radical (unpaired) electrons. The second kappa shape index (κ2) is 9.70. The number of hydrogen-bond donors (Lipinski definition) is 3. The largest absolute Gasteiger partial charge is 0.355 e. The molecule has 3 atom stereocenters. The van der Waals surface area contributed by atoms with Crippen LogP contribution in [0.3, 0.4) is 0 Å². The van der Waals surface area contributed by atoms with E-state index in [4.69, 9.17) is 0 Å². The summed E-state index contributed by atoms with van der Waals surface area (Å²) >= 11 is 0. The third-order valence-corrected chi connectivity index (χ3v) is 7.07. The summed E-state index contributed by atoms with van der Waals surface area (Å²) in [5.41, 5.74) is 5.60. The summed E-state index contributed by atoms with van der Waals surface area (Å²) in [6, 6.07) is 24.1. The first kappa shape index (κ1) is 22.1. The lowest BCUT2D eigenvalue weighted by Crippen LogP contribution is -2.10. The Morgan fingerprint density at radius 3 is 2.58 bits per heavy atom. The molecule has 1 aromatic heterocycles. The van der Waals surface area contributed by atoms with Gasteiger partial charge in [0.05, 0.1) is 11.2 Å². The Labute approximate surface area is 210 Å². The number of carbonyl (C=O) groups is 1. The zero-order chi connectivity index (χ0) is 24.3. The highest BCUT2D eigenvalue weighted by Gasteiger charge is 2.33. The molecular weight excluding hydrogens is 444 g/mol. The fourth-order valence-electron chi connectivity index (χ4n) is 5.27. The first-order valence-corrected chi connectivity index (χ1v) is 12.5. The number of aromatic nitrogens is 2. The molecule has 1 saturated carbocycles. The first-order valence-electron chi connectivity index (χ1n) is 12.5. The van der Waals surface area contributed by atoms with Crippen LogP contribution in [0.4, 0.5) is 17.1 Å². The summed E-state index contributed by atoms with van der Waals surface area (Å²) in [5.74, 6) is 1.71. The SMILES string of the molecule is O=C(/C=C/C1C[C@H]2C=C[C@H]1C2)Nc1cccc(Nc2ccc3c(/C=C/c4ccccc4)n[nH]c3c2)c1. The zero-order valence-electron chi connectivity index (χ0n) is 19.9. The van der Waals surface area contributed by atoms with Gasteiger partial charge in [0.15, 0.2) is 0 Å². The van der Waals surface area contributed by atoms with E-state index in [1.807, 2.05) is 60.7 Å². The normalized spacial score (nSPS) is 20.6. The van der Waals surface area contributed by atoms with Crippen LogP contribution < -0.4 is 10.6 Å². The van der Waals surface area contributed by atoms with E-state index in [0.717, 1.165) is 45.6 Å². The van der Waals surface area contributed by atoms with E-state index in [1.54, 1.807) is 6.08 Å². The Bertz CT molecular complexity index is 1480. The molecular formula is C31H28N4O. The Hall–Kier alpha value is -4.38. The highest BCUT2D eigenvalue weighted by atomic mass is 16.1. The molecule has 0 spiro atoms. The number of aromatic amines is 1. The highest BCUT2D eigenvalue weighted by molar-refractivity contribution is 5.99. The fourth-order valence-corrected chi connectivity index (χ4v) is 5.27. The Kier molecular flexibility index (Phi) is 5.96. The van der Waals surface area contributed by atoms with E-state index in [9.17, 15) is 4.79 Å². The lowest BCUT2D eigenvalue weighted by molar-refractivity contribution is -0.111. The van der Waals surface area contributed by atoms with Crippen LogP contribution in [0.5, 0.6) is 0 Å². The van der Waals surface area contributed by atoms with Gasteiger partial charge in [-0.15, -0.1) is 0 Å². The van der Waals surface area contributed by atoms with Crippen LogP contribution in [0, 0.1) is 17.8 Å². The van der Waals surface area contributed by atoms with Crippen molar-refractivity contribution in [3.05, 3.63) is 108 Å². The molecule has 2 aliphatic rings. The summed E-state index contributed by atoms with van der Waals surface area (Å²) < 4.78 is 0. The van der Waals surface area contributed by atoms with Crippen LogP contribution in [-0.2, 0) is 4.79 Å². The summed E-state index contributed by atoms with van der Waals surface area (Å²) in [6.07, 6.45) is 14.9. The van der Waals surface area contributed by atoms with Crippen LogP contribution in [0.2, 0.25) is 0 Å². The van der Waals surface area contributed by atoms with Crippen LogP contribution in [0.25, 0.3) is 23.1 Å². The van der Waals surface area contributed by atoms with Crippen molar-refractivity contribution in [2.45, 2.75) is 12.8 Å². The molecule has 1 heterocycles. The smallest absolute Gasteiger partial charge is 0.248 e. The van der Waals surface area contributed by atoms with Gasteiger partial charge in [-0.2, -0.15) is 5.10 Å². The number of allylic oxidation sites excluding steroid dienone is 3. The van der Waals surface area contributed by atoms with Crippen molar-refractivity contribution in [1.82, 2.24) is 10.2 Å². The quantitative estimate of drug-likeness (QED) is 0.197. The van der Waals surface area contributed by atoms with E-state index in [-0.39, 0.29) is 5.91 Å². The minimum Gasteiger partial charge on any atom is -0.355 e. The number of amides is 1. The van der Waals surface area contributed by atoms with Gasteiger partial charge in [-0.1, -0.05) is 60.7 Å². The van der Waals surface area contributed by atoms with Gasteiger partial charge >= 0.3 is 0 Å². The molecule has 3 aromatic carbocycles. The fraction of sp³-hybridized carbons (Fsp3) is 0.161. The molecule has 2 bridgehead atoms. The van der Waals surface area contributed by atoms with Gasteiger partial charge in [-0.25, -0.2) is 0 Å². The predicted molar refractivity (Wildman–Crippen MR) is 148 cm³/mol. The number of fused-ring (bicyclic) bond motifs is 3. The summed E-state index contributed by atoms with van der Waals surface area (Å²) in [4.78, 5) is 12.5. The van der Waals surface area contributed by atoms with E-state index in [2.05, 4.69) is 63.3 Å². The molecule has 1 fully saturated rings. The summed E-state index contributed by atoms with van der Waals surface area (Å²) in [5, 5.41) is 15.1. The summed E-state index contributed by atoms with van der Waals surface area (Å²) in [6.45, 7) is 0. The van der Waals surface area contributed by atoms with Crippen molar-refractivity contribution in [2.24, 2.45) is 17.8 Å². The second-order valence-corrected chi connectivity index (χ2v) is 9.61. The predicted octanol–water partition coefficient (Wildman–Crippen LogP) is 7.18. The average molecular weight is 473 g/mol. The number of anilines is 3. The molecule has 1 unspecified atom stereocenters. The molecule has 1 amide bonds. The molecule has 0 saturated heterocycles. The van der Waals surface area contributed by atoms with Crippen LogP contribution >= 0.6 is 0 Å². The average Bonchev–Trinajstić information content (AvgIpc) is 3.63. The minimum absolute atomic E-state index is 0.0890. The molecule has 3 N–H and O–H groups in total.